The highest BCUT2D eigenvalue weighted by molar-refractivity contribution is 6.29. The molecule has 0 bridgehead atoms. The zero-order chi connectivity index (χ0) is 14.7. The van der Waals surface area contributed by atoms with E-state index in [4.69, 9.17) is 16.6 Å². The molecule has 2 aliphatic rings. The van der Waals surface area contributed by atoms with Crippen molar-refractivity contribution in [3.05, 3.63) is 64.1 Å². The molecule has 0 N–H and O–H groups in total. The summed E-state index contributed by atoms with van der Waals surface area (Å²) in [6, 6.07) is 10.7. The zero-order valence-electron chi connectivity index (χ0n) is 12.2. The minimum absolute atomic E-state index is 0.432. The molecular formula is C18H16ClN3. The van der Waals surface area contributed by atoms with E-state index in [1.165, 1.54) is 29.5 Å². The number of hydrogen-bond acceptors (Lipinski definition) is 2. The first kappa shape index (κ1) is 12.7. The van der Waals surface area contributed by atoms with Crippen molar-refractivity contribution in [3.63, 3.8) is 0 Å². The minimum atomic E-state index is 0.432. The number of nitrogens with zero attached hydrogens (tertiary/aromatic N) is 3. The molecule has 0 saturated heterocycles. The van der Waals surface area contributed by atoms with E-state index in [1.807, 2.05) is 12.3 Å². The monoisotopic (exact) mass is 309 g/mol. The van der Waals surface area contributed by atoms with Gasteiger partial charge in [0.2, 0.25) is 0 Å². The Morgan fingerprint density at radius 1 is 1.05 bits per heavy atom. The van der Waals surface area contributed by atoms with Crippen molar-refractivity contribution < 1.29 is 0 Å². The third-order valence-corrected chi connectivity index (χ3v) is 5.23. The van der Waals surface area contributed by atoms with Crippen LogP contribution >= 0.6 is 11.6 Å². The Balaban J connectivity index is 1.59. The number of aromatic nitrogens is 3. The van der Waals surface area contributed by atoms with Crippen molar-refractivity contribution in [2.24, 2.45) is 0 Å². The molecule has 0 radical (unpaired) electrons. The fraction of sp³-hybridized carbons (Fsp3) is 0.333. The highest BCUT2D eigenvalue weighted by Crippen LogP contribution is 2.42. The van der Waals surface area contributed by atoms with Gasteiger partial charge in [-0.2, -0.15) is 5.10 Å². The number of rotatable bonds is 2. The fourth-order valence-corrected chi connectivity index (χ4v) is 3.86. The van der Waals surface area contributed by atoms with Crippen molar-refractivity contribution in [3.8, 4) is 0 Å². The molecule has 0 atom stereocenters. The number of benzene rings is 1. The Hall–Kier alpha value is -1.87. The van der Waals surface area contributed by atoms with Crippen molar-refractivity contribution in [2.45, 2.75) is 37.5 Å². The first-order valence-electron chi connectivity index (χ1n) is 7.90. The van der Waals surface area contributed by atoms with Gasteiger partial charge in [0.15, 0.2) is 5.65 Å². The van der Waals surface area contributed by atoms with Crippen LogP contribution in [0.15, 0.2) is 36.5 Å². The van der Waals surface area contributed by atoms with Gasteiger partial charge in [-0.15, -0.1) is 0 Å². The molecule has 0 aliphatic heterocycles. The minimum Gasteiger partial charge on any atom is -0.233 e. The summed E-state index contributed by atoms with van der Waals surface area (Å²) in [4.78, 5) is 4.94. The van der Waals surface area contributed by atoms with E-state index in [2.05, 4.69) is 29.4 Å². The predicted octanol–water partition coefficient (Wildman–Crippen LogP) is 4.14. The Morgan fingerprint density at radius 2 is 1.77 bits per heavy atom. The van der Waals surface area contributed by atoms with Gasteiger partial charge in [-0.25, -0.2) is 9.50 Å². The zero-order valence-corrected chi connectivity index (χ0v) is 12.9. The fourth-order valence-electron chi connectivity index (χ4n) is 3.62. The first-order valence-corrected chi connectivity index (χ1v) is 8.28. The summed E-state index contributed by atoms with van der Waals surface area (Å²) in [5, 5.41) is 5.08. The Morgan fingerprint density at radius 3 is 2.45 bits per heavy atom. The largest absolute Gasteiger partial charge is 0.233 e. The second kappa shape index (κ2) is 4.56. The van der Waals surface area contributed by atoms with Gasteiger partial charge in [-0.3, -0.25) is 0 Å². The molecule has 0 unspecified atom stereocenters. The molecule has 3 aromatic rings. The number of fused-ring (bicyclic) bond motifs is 2. The quantitative estimate of drug-likeness (QED) is 0.666. The molecule has 5 rings (SSSR count). The highest BCUT2D eigenvalue weighted by atomic mass is 35.5. The van der Waals surface area contributed by atoms with Crippen LogP contribution in [-0.2, 0) is 12.8 Å². The van der Waals surface area contributed by atoms with Crippen molar-refractivity contribution in [2.75, 3.05) is 0 Å². The molecule has 22 heavy (non-hydrogen) atoms. The standard InChI is InChI=1S/C18H16ClN3/c19-17-9-16(14-7-12-3-1-2-4-13(12)8-14)21-18-15(11-5-6-11)10-20-22(17)18/h1-4,9-11,14H,5-8H2. The van der Waals surface area contributed by atoms with Crippen LogP contribution in [0.5, 0.6) is 0 Å². The third kappa shape index (κ3) is 1.88. The van der Waals surface area contributed by atoms with Gasteiger partial charge in [0, 0.05) is 17.2 Å². The maximum Gasteiger partial charge on any atom is 0.160 e. The smallest absolute Gasteiger partial charge is 0.160 e. The Labute approximate surface area is 133 Å². The van der Waals surface area contributed by atoms with Crippen LogP contribution in [0.3, 0.4) is 0 Å². The van der Waals surface area contributed by atoms with E-state index in [0.717, 1.165) is 24.2 Å². The number of halogens is 1. The first-order chi connectivity index (χ1) is 10.8. The molecule has 1 saturated carbocycles. The molecular weight excluding hydrogens is 294 g/mol. The molecule has 4 heteroatoms. The summed E-state index contributed by atoms with van der Waals surface area (Å²) in [5.74, 6) is 1.07. The molecule has 2 aromatic heterocycles. The molecule has 1 aromatic carbocycles. The van der Waals surface area contributed by atoms with Crippen LogP contribution < -0.4 is 0 Å². The van der Waals surface area contributed by atoms with Gasteiger partial charge in [0.25, 0.3) is 0 Å². The van der Waals surface area contributed by atoms with Crippen LogP contribution in [-0.4, -0.2) is 14.6 Å². The average molecular weight is 310 g/mol. The van der Waals surface area contributed by atoms with Crippen molar-refractivity contribution >= 4 is 17.2 Å². The summed E-state index contributed by atoms with van der Waals surface area (Å²) in [6.45, 7) is 0. The van der Waals surface area contributed by atoms with E-state index in [-0.39, 0.29) is 0 Å². The Bertz CT molecular complexity index is 854. The SMILES string of the molecule is Clc1cc(C2Cc3ccccc3C2)nc2c(C3CC3)cnn12. The summed E-state index contributed by atoms with van der Waals surface area (Å²) in [6.07, 6.45) is 6.56. The maximum absolute atomic E-state index is 6.45. The molecule has 110 valence electrons. The summed E-state index contributed by atoms with van der Waals surface area (Å²) in [5.41, 5.74) is 6.22. The number of hydrogen-bond donors (Lipinski definition) is 0. The van der Waals surface area contributed by atoms with Crippen molar-refractivity contribution in [1.82, 2.24) is 14.6 Å². The van der Waals surface area contributed by atoms with Gasteiger partial charge in [0.1, 0.15) is 5.15 Å². The lowest BCUT2D eigenvalue weighted by Gasteiger charge is -2.10. The molecule has 2 aliphatic carbocycles. The van der Waals surface area contributed by atoms with E-state index < -0.39 is 0 Å². The van der Waals surface area contributed by atoms with Gasteiger partial charge < -0.3 is 0 Å². The third-order valence-electron chi connectivity index (χ3n) is 4.96. The van der Waals surface area contributed by atoms with E-state index in [9.17, 15) is 0 Å². The van der Waals surface area contributed by atoms with E-state index in [1.54, 1.807) is 4.52 Å². The normalized spacial score (nSPS) is 18.0. The van der Waals surface area contributed by atoms with Crippen LogP contribution in [0.25, 0.3) is 5.65 Å². The van der Waals surface area contributed by atoms with Crippen LogP contribution in [0, 0.1) is 0 Å². The van der Waals surface area contributed by atoms with Gasteiger partial charge in [-0.05, 0) is 48.8 Å². The maximum atomic E-state index is 6.45. The van der Waals surface area contributed by atoms with Crippen LogP contribution in [0.2, 0.25) is 5.15 Å². The van der Waals surface area contributed by atoms with Gasteiger partial charge in [0.05, 0.1) is 6.20 Å². The summed E-state index contributed by atoms with van der Waals surface area (Å²) < 4.78 is 1.78. The van der Waals surface area contributed by atoms with Crippen LogP contribution in [0.4, 0.5) is 0 Å². The summed E-state index contributed by atoms with van der Waals surface area (Å²) in [7, 11) is 0. The second-order valence-electron chi connectivity index (χ2n) is 6.49. The van der Waals surface area contributed by atoms with Crippen molar-refractivity contribution in [1.29, 1.82) is 0 Å². The molecule has 1 fully saturated rings. The van der Waals surface area contributed by atoms with Gasteiger partial charge >= 0.3 is 0 Å². The highest BCUT2D eigenvalue weighted by Gasteiger charge is 2.29. The van der Waals surface area contributed by atoms with Gasteiger partial charge in [-0.1, -0.05) is 35.9 Å². The van der Waals surface area contributed by atoms with E-state index in [0.29, 0.717) is 17.0 Å². The second-order valence-corrected chi connectivity index (χ2v) is 6.87. The van der Waals surface area contributed by atoms with E-state index >= 15 is 0 Å². The predicted molar refractivity (Wildman–Crippen MR) is 86.6 cm³/mol. The lowest BCUT2D eigenvalue weighted by Crippen LogP contribution is -2.05. The lowest BCUT2D eigenvalue weighted by atomic mass is 10.0. The molecule has 3 nitrogen and oxygen atoms in total. The summed E-state index contributed by atoms with van der Waals surface area (Å²) >= 11 is 6.45. The Kier molecular flexibility index (Phi) is 2.62. The van der Waals surface area contributed by atoms with Crippen LogP contribution in [0.1, 0.15) is 47.1 Å². The molecule has 2 heterocycles. The average Bonchev–Trinajstić information content (AvgIpc) is 3.12. The molecule has 0 amide bonds. The molecule has 0 spiro atoms. The topological polar surface area (TPSA) is 30.2 Å². The lowest BCUT2D eigenvalue weighted by molar-refractivity contribution is 0.710.